The first kappa shape index (κ1) is 10.9. The monoisotopic (exact) mass is 216 g/mol. The third-order valence-electron chi connectivity index (χ3n) is 1.44. The molecule has 13 heavy (non-hydrogen) atoms. The average molecular weight is 216 g/mol. The molecule has 1 rings (SSSR count). The Balaban J connectivity index is 2.64. The van der Waals surface area contributed by atoms with Crippen molar-refractivity contribution in [2.24, 2.45) is 0 Å². The van der Waals surface area contributed by atoms with Crippen molar-refractivity contribution in [3.63, 3.8) is 0 Å². The van der Waals surface area contributed by atoms with Gasteiger partial charge in [-0.3, -0.25) is 0 Å². The molecule has 1 aromatic rings. The Kier molecular flexibility index (Phi) is 5.31. The highest BCUT2D eigenvalue weighted by atomic mass is 32.2. The normalized spacial score (nSPS) is 10.7. The Labute approximate surface area is 87.4 Å². The molecule has 0 N–H and O–H groups in total. The topological polar surface area (TPSA) is 18.5 Å². The maximum Gasteiger partial charge on any atom is 0.128 e. The summed E-state index contributed by atoms with van der Waals surface area (Å²) in [7, 11) is 3.33. The predicted molar refractivity (Wildman–Crippen MR) is 58.4 cm³/mol. The maximum absolute atomic E-state index is 5.03. The second kappa shape index (κ2) is 6.32. The summed E-state index contributed by atoms with van der Waals surface area (Å²) in [5.74, 6) is 0. The highest BCUT2D eigenvalue weighted by Gasteiger charge is 2.12. The van der Waals surface area contributed by atoms with Gasteiger partial charge in [0.05, 0.1) is 14.2 Å². The minimum absolute atomic E-state index is 0.177. The van der Waals surface area contributed by atoms with Crippen LogP contribution < -0.4 is 0 Å². The van der Waals surface area contributed by atoms with Gasteiger partial charge in [0.1, 0.15) is 4.58 Å². The van der Waals surface area contributed by atoms with Gasteiger partial charge in [-0.05, 0) is 5.56 Å². The lowest BCUT2D eigenvalue weighted by Gasteiger charge is -2.12. The van der Waals surface area contributed by atoms with Crippen molar-refractivity contribution >= 4 is 24.1 Å². The highest BCUT2D eigenvalue weighted by molar-refractivity contribution is 8.12. The number of benzene rings is 1. The molecule has 4 heteroatoms. The number of hydrogen-bond donors (Lipinski definition) is 0. The molecule has 0 atom stereocenters. The zero-order chi connectivity index (χ0) is 9.52. The fourth-order valence-corrected chi connectivity index (χ4v) is 2.40. The maximum atomic E-state index is 5.03. The summed E-state index contributed by atoms with van der Waals surface area (Å²) >= 11 is 2.78. The molecule has 0 saturated carbocycles. The summed E-state index contributed by atoms with van der Waals surface area (Å²) in [6.07, 6.45) is 0. The van der Waals surface area contributed by atoms with Gasteiger partial charge < -0.3 is 8.37 Å². The van der Waals surface area contributed by atoms with Gasteiger partial charge in [0.15, 0.2) is 0 Å². The zero-order valence-corrected chi connectivity index (χ0v) is 9.23. The van der Waals surface area contributed by atoms with Crippen LogP contribution in [0.1, 0.15) is 10.1 Å². The van der Waals surface area contributed by atoms with Crippen molar-refractivity contribution in [2.45, 2.75) is 4.58 Å². The Bertz CT molecular complexity index is 222. The van der Waals surface area contributed by atoms with Crippen LogP contribution in [0.5, 0.6) is 0 Å². The van der Waals surface area contributed by atoms with E-state index < -0.39 is 0 Å². The van der Waals surface area contributed by atoms with Crippen LogP contribution >= 0.6 is 24.1 Å². The van der Waals surface area contributed by atoms with Crippen LogP contribution in [-0.2, 0) is 8.37 Å². The second-order valence-corrected chi connectivity index (χ2v) is 4.56. The summed E-state index contributed by atoms with van der Waals surface area (Å²) in [6.45, 7) is 0. The Morgan fingerprint density at radius 2 is 1.54 bits per heavy atom. The molecule has 0 radical (unpaired) electrons. The van der Waals surface area contributed by atoms with E-state index in [-0.39, 0.29) is 4.58 Å². The second-order valence-electron chi connectivity index (χ2n) is 2.27. The molecule has 0 bridgehead atoms. The van der Waals surface area contributed by atoms with Crippen LogP contribution in [0.3, 0.4) is 0 Å². The minimum atomic E-state index is 0.177. The van der Waals surface area contributed by atoms with E-state index in [1.807, 2.05) is 18.2 Å². The summed E-state index contributed by atoms with van der Waals surface area (Å²) in [4.78, 5) is 0. The molecular weight excluding hydrogens is 204 g/mol. The van der Waals surface area contributed by atoms with E-state index in [4.69, 9.17) is 8.37 Å². The lowest BCUT2D eigenvalue weighted by Crippen LogP contribution is -1.89. The van der Waals surface area contributed by atoms with Gasteiger partial charge in [0, 0.05) is 24.1 Å². The highest BCUT2D eigenvalue weighted by Crippen LogP contribution is 2.39. The van der Waals surface area contributed by atoms with Gasteiger partial charge in [-0.15, -0.1) is 0 Å². The fourth-order valence-electron chi connectivity index (χ4n) is 0.912. The van der Waals surface area contributed by atoms with Crippen molar-refractivity contribution < 1.29 is 8.37 Å². The Hall–Kier alpha value is -0.160. The summed E-state index contributed by atoms with van der Waals surface area (Å²) < 4.78 is 10.2. The molecule has 0 aromatic heterocycles. The van der Waals surface area contributed by atoms with E-state index in [2.05, 4.69) is 12.1 Å². The van der Waals surface area contributed by atoms with E-state index in [9.17, 15) is 0 Å². The Morgan fingerprint density at radius 3 is 2.00 bits per heavy atom. The molecule has 72 valence electrons. The first-order valence-electron chi connectivity index (χ1n) is 3.82. The van der Waals surface area contributed by atoms with Crippen molar-refractivity contribution in [1.82, 2.24) is 0 Å². The van der Waals surface area contributed by atoms with Crippen molar-refractivity contribution in [2.75, 3.05) is 14.2 Å². The van der Waals surface area contributed by atoms with Crippen LogP contribution in [0.2, 0.25) is 0 Å². The first-order chi connectivity index (χ1) is 6.38. The molecule has 0 heterocycles. The smallest absolute Gasteiger partial charge is 0.128 e. The van der Waals surface area contributed by atoms with Crippen LogP contribution in [0.25, 0.3) is 0 Å². The zero-order valence-electron chi connectivity index (χ0n) is 7.60. The molecule has 2 nitrogen and oxygen atoms in total. The minimum Gasteiger partial charge on any atom is -0.317 e. The average Bonchev–Trinajstić information content (AvgIpc) is 2.19. The van der Waals surface area contributed by atoms with E-state index in [0.29, 0.717) is 0 Å². The van der Waals surface area contributed by atoms with Crippen LogP contribution in [-0.4, -0.2) is 14.2 Å². The van der Waals surface area contributed by atoms with Gasteiger partial charge in [0.25, 0.3) is 0 Å². The lowest BCUT2D eigenvalue weighted by molar-refractivity contribution is 0.478. The van der Waals surface area contributed by atoms with Gasteiger partial charge >= 0.3 is 0 Å². The molecular formula is C9H12O2S2. The molecule has 0 aliphatic heterocycles. The first-order valence-corrected chi connectivity index (χ1v) is 5.43. The van der Waals surface area contributed by atoms with E-state index in [1.54, 1.807) is 14.2 Å². The van der Waals surface area contributed by atoms with Gasteiger partial charge in [0.2, 0.25) is 0 Å². The lowest BCUT2D eigenvalue weighted by atomic mass is 10.2. The third-order valence-corrected chi connectivity index (χ3v) is 3.19. The quantitative estimate of drug-likeness (QED) is 0.555. The van der Waals surface area contributed by atoms with Crippen molar-refractivity contribution in [1.29, 1.82) is 0 Å². The molecule has 0 unspecified atom stereocenters. The third kappa shape index (κ3) is 3.60. The standard InChI is InChI=1S/C9H12O2S2/c1-10-12-9(13-11-2)8-6-4-3-5-7-8/h3-7,9H,1-2H3. The van der Waals surface area contributed by atoms with Gasteiger partial charge in [-0.2, -0.15) is 0 Å². The molecule has 0 aliphatic carbocycles. The number of rotatable bonds is 5. The molecule has 0 amide bonds. The van der Waals surface area contributed by atoms with Crippen LogP contribution in [0.4, 0.5) is 0 Å². The molecule has 1 aromatic carbocycles. The van der Waals surface area contributed by atoms with E-state index >= 15 is 0 Å². The predicted octanol–water partition coefficient (Wildman–Crippen LogP) is 3.27. The van der Waals surface area contributed by atoms with Crippen molar-refractivity contribution in [3.8, 4) is 0 Å². The van der Waals surface area contributed by atoms with E-state index in [0.717, 1.165) is 0 Å². The SMILES string of the molecule is COSC(SOC)c1ccccc1. The van der Waals surface area contributed by atoms with Crippen LogP contribution in [0.15, 0.2) is 30.3 Å². The van der Waals surface area contributed by atoms with Gasteiger partial charge in [-0.25, -0.2) is 0 Å². The van der Waals surface area contributed by atoms with Gasteiger partial charge in [-0.1, -0.05) is 30.3 Å². The largest absolute Gasteiger partial charge is 0.317 e. The molecule has 0 saturated heterocycles. The molecule has 0 spiro atoms. The van der Waals surface area contributed by atoms with Crippen molar-refractivity contribution in [3.05, 3.63) is 35.9 Å². The molecule has 0 fully saturated rings. The summed E-state index contributed by atoms with van der Waals surface area (Å²) in [6, 6.07) is 10.1. The Morgan fingerprint density at radius 1 is 1.00 bits per heavy atom. The van der Waals surface area contributed by atoms with E-state index in [1.165, 1.54) is 29.6 Å². The summed E-state index contributed by atoms with van der Waals surface area (Å²) in [5.41, 5.74) is 1.20. The number of hydrogen-bond acceptors (Lipinski definition) is 4. The van der Waals surface area contributed by atoms with Crippen LogP contribution in [0, 0.1) is 0 Å². The fraction of sp³-hybridized carbons (Fsp3) is 0.333. The summed E-state index contributed by atoms with van der Waals surface area (Å²) in [5, 5.41) is 0. The molecule has 0 aliphatic rings.